The van der Waals surface area contributed by atoms with E-state index >= 15 is 0 Å². The molecule has 1 N–H and O–H groups in total. The zero-order valence-corrected chi connectivity index (χ0v) is 20.0. The van der Waals surface area contributed by atoms with E-state index in [2.05, 4.69) is 29.3 Å². The molecule has 2 aromatic carbocycles. The van der Waals surface area contributed by atoms with Gasteiger partial charge in [-0.25, -0.2) is 9.78 Å². The van der Waals surface area contributed by atoms with Crippen molar-refractivity contribution in [2.45, 2.75) is 45.7 Å². The molecule has 3 aliphatic heterocycles. The summed E-state index contributed by atoms with van der Waals surface area (Å²) in [5.74, 6) is 0.319. The lowest BCUT2D eigenvalue weighted by Crippen LogP contribution is -2.72. The number of carbonyl (C=O) groups excluding carboxylic acids is 3. The van der Waals surface area contributed by atoms with Crippen LogP contribution in [0.15, 0.2) is 54.6 Å². The van der Waals surface area contributed by atoms with Crippen LogP contribution in [0.5, 0.6) is 0 Å². The highest BCUT2D eigenvalue weighted by atomic mass is 16.2. The van der Waals surface area contributed by atoms with Gasteiger partial charge in [-0.05, 0) is 55.0 Å². The smallest absolute Gasteiger partial charge is 0.331 e. The Kier molecular flexibility index (Phi) is 4.91. The second-order valence-electron chi connectivity index (χ2n) is 10.3. The summed E-state index contributed by atoms with van der Waals surface area (Å²) < 4.78 is 0. The summed E-state index contributed by atoms with van der Waals surface area (Å²) in [6.45, 7) is 5.05. The van der Waals surface area contributed by atoms with Gasteiger partial charge in [0, 0.05) is 18.4 Å². The molecule has 0 bridgehead atoms. The normalized spacial score (nSPS) is 26.1. The number of nitrogens with zero attached hydrogens (tertiary/aromatic N) is 3. The molecule has 2 fully saturated rings. The number of imide groups is 2. The van der Waals surface area contributed by atoms with Gasteiger partial charge in [-0.1, -0.05) is 48.9 Å². The number of barbiturate groups is 1. The molecule has 0 saturated carbocycles. The Bertz CT molecular complexity index is 1370. The lowest BCUT2D eigenvalue weighted by molar-refractivity contribution is -0.154. The van der Waals surface area contributed by atoms with Crippen LogP contribution in [0.1, 0.15) is 36.5 Å². The van der Waals surface area contributed by atoms with E-state index in [1.165, 1.54) is 4.90 Å². The van der Waals surface area contributed by atoms with Gasteiger partial charge in [-0.3, -0.25) is 19.8 Å². The number of anilines is 1. The molecule has 2 saturated heterocycles. The minimum atomic E-state index is -1.37. The minimum absolute atomic E-state index is 0.130. The number of hydrogen-bond donors (Lipinski definition) is 1. The number of carbonyl (C=O) groups is 3. The van der Waals surface area contributed by atoms with Gasteiger partial charge in [0.2, 0.25) is 11.8 Å². The van der Waals surface area contributed by atoms with E-state index in [-0.39, 0.29) is 19.0 Å². The molecule has 3 aliphatic rings. The van der Waals surface area contributed by atoms with Gasteiger partial charge in [0.1, 0.15) is 5.82 Å². The maximum Gasteiger partial charge on any atom is 0.331 e. The first-order valence-electron chi connectivity index (χ1n) is 12.2. The Labute approximate surface area is 204 Å². The van der Waals surface area contributed by atoms with E-state index in [1.807, 2.05) is 49.4 Å². The average Bonchev–Trinajstić information content (AvgIpc) is 2.84. The molecule has 7 nitrogen and oxygen atoms in total. The number of piperidine rings is 1. The van der Waals surface area contributed by atoms with Crippen LogP contribution in [-0.2, 0) is 22.6 Å². The van der Waals surface area contributed by atoms with Crippen LogP contribution in [0.3, 0.4) is 0 Å². The van der Waals surface area contributed by atoms with E-state index in [1.54, 1.807) is 0 Å². The van der Waals surface area contributed by atoms with E-state index in [4.69, 9.17) is 4.98 Å². The van der Waals surface area contributed by atoms with Gasteiger partial charge in [0.15, 0.2) is 5.41 Å². The van der Waals surface area contributed by atoms with Crippen molar-refractivity contribution in [1.29, 1.82) is 0 Å². The third-order valence-corrected chi connectivity index (χ3v) is 7.88. The van der Waals surface area contributed by atoms with Crippen LogP contribution in [-0.4, -0.2) is 40.3 Å². The number of hydrogen-bond acceptors (Lipinski definition) is 5. The van der Waals surface area contributed by atoms with E-state index in [0.717, 1.165) is 46.4 Å². The van der Waals surface area contributed by atoms with Crippen molar-refractivity contribution >= 4 is 34.6 Å². The summed E-state index contributed by atoms with van der Waals surface area (Å²) in [4.78, 5) is 49.1. The third kappa shape index (κ3) is 3.32. The summed E-state index contributed by atoms with van der Waals surface area (Å²) in [7, 11) is 0. The molecular formula is C28H28N4O3. The average molecular weight is 469 g/mol. The van der Waals surface area contributed by atoms with Crippen molar-refractivity contribution in [2.75, 3.05) is 11.4 Å². The van der Waals surface area contributed by atoms with Crippen molar-refractivity contribution in [1.82, 2.24) is 15.2 Å². The summed E-state index contributed by atoms with van der Waals surface area (Å²) in [5, 5.41) is 3.54. The highest BCUT2D eigenvalue weighted by Crippen LogP contribution is 2.48. The molecule has 178 valence electrons. The molecule has 3 aromatic rings. The zero-order chi connectivity index (χ0) is 24.3. The fraction of sp³-hybridized carbons (Fsp3) is 0.357. The number of fused-ring (bicyclic) bond motifs is 5. The summed E-state index contributed by atoms with van der Waals surface area (Å²) >= 11 is 0. The van der Waals surface area contributed by atoms with Gasteiger partial charge in [0.05, 0.1) is 18.1 Å². The zero-order valence-electron chi connectivity index (χ0n) is 20.0. The number of nitrogens with one attached hydrogen (secondary N) is 1. The molecule has 0 aliphatic carbocycles. The number of aromatic nitrogens is 1. The quantitative estimate of drug-likeness (QED) is 0.576. The first-order valence-corrected chi connectivity index (χ1v) is 12.2. The lowest BCUT2D eigenvalue weighted by Gasteiger charge is -2.54. The predicted molar refractivity (Wildman–Crippen MR) is 133 cm³/mol. The molecule has 6 rings (SSSR count). The standard InChI is InChI=1S/C28H28N4O3/c1-17-8-9-22-20(12-17)14-21-15-28(23-13-18(2)10-11-31(23)24(21)29-22)25(33)30-27(35)32(26(28)34)16-19-6-4-3-5-7-19/h3-9,12,14,18,23H,10-11,13,15-16H2,1-2H3,(H,30,33,35)/t18-,23+,28+/m0/s1. The Balaban J connectivity index is 1.49. The van der Waals surface area contributed by atoms with Crippen LogP contribution in [0, 0.1) is 18.3 Å². The van der Waals surface area contributed by atoms with Gasteiger partial charge in [0.25, 0.3) is 0 Å². The second-order valence-corrected chi connectivity index (χ2v) is 10.3. The summed E-state index contributed by atoms with van der Waals surface area (Å²) in [6.07, 6.45) is 1.89. The predicted octanol–water partition coefficient (Wildman–Crippen LogP) is 3.97. The molecule has 35 heavy (non-hydrogen) atoms. The Morgan fingerprint density at radius 2 is 1.89 bits per heavy atom. The molecule has 4 amide bonds. The molecular weight excluding hydrogens is 440 g/mol. The van der Waals surface area contributed by atoms with E-state index in [0.29, 0.717) is 12.3 Å². The highest BCUT2D eigenvalue weighted by Gasteiger charge is 2.62. The van der Waals surface area contributed by atoms with Gasteiger partial charge in [-0.2, -0.15) is 0 Å². The molecule has 0 radical (unpaired) electrons. The molecule has 0 unspecified atom stereocenters. The third-order valence-electron chi connectivity index (χ3n) is 7.88. The Morgan fingerprint density at radius 3 is 2.69 bits per heavy atom. The fourth-order valence-corrected chi connectivity index (χ4v) is 6.05. The first kappa shape index (κ1) is 21.8. The minimum Gasteiger partial charge on any atom is -0.352 e. The summed E-state index contributed by atoms with van der Waals surface area (Å²) in [6, 6.07) is 16.6. The topological polar surface area (TPSA) is 82.6 Å². The fourth-order valence-electron chi connectivity index (χ4n) is 6.05. The number of rotatable bonds is 2. The molecule has 3 atom stereocenters. The number of pyridine rings is 1. The van der Waals surface area contributed by atoms with E-state index < -0.39 is 23.3 Å². The lowest BCUT2D eigenvalue weighted by atomic mass is 9.65. The van der Waals surface area contributed by atoms with Crippen LogP contribution in [0.4, 0.5) is 10.6 Å². The molecule has 1 aromatic heterocycles. The largest absolute Gasteiger partial charge is 0.352 e. The van der Waals surface area contributed by atoms with Crippen LogP contribution in [0.2, 0.25) is 0 Å². The number of benzene rings is 2. The van der Waals surface area contributed by atoms with Gasteiger partial charge >= 0.3 is 6.03 Å². The maximum absolute atomic E-state index is 14.2. The molecule has 4 heterocycles. The molecule has 7 heteroatoms. The Hall–Kier alpha value is -3.74. The number of urea groups is 1. The second kappa shape index (κ2) is 7.90. The van der Waals surface area contributed by atoms with E-state index in [9.17, 15) is 14.4 Å². The maximum atomic E-state index is 14.2. The van der Waals surface area contributed by atoms with Crippen LogP contribution in [0.25, 0.3) is 10.9 Å². The highest BCUT2D eigenvalue weighted by molar-refractivity contribution is 6.20. The van der Waals surface area contributed by atoms with Gasteiger partial charge in [-0.15, -0.1) is 0 Å². The first-order chi connectivity index (χ1) is 16.9. The SMILES string of the molecule is Cc1ccc2nc3c(cc2c1)C[C@]1(C(=O)NC(=O)N(Cc2ccccc2)C1=O)[C@H]1C[C@@H](C)CCN31. The van der Waals surface area contributed by atoms with Crippen molar-refractivity contribution in [3.63, 3.8) is 0 Å². The van der Waals surface area contributed by atoms with Crippen molar-refractivity contribution < 1.29 is 14.4 Å². The van der Waals surface area contributed by atoms with Crippen LogP contribution >= 0.6 is 0 Å². The summed E-state index contributed by atoms with van der Waals surface area (Å²) in [5.41, 5.74) is 2.38. The number of aryl methyl sites for hydroxylation is 1. The van der Waals surface area contributed by atoms with Crippen molar-refractivity contribution in [2.24, 2.45) is 11.3 Å². The Morgan fingerprint density at radius 1 is 1.09 bits per heavy atom. The number of amides is 4. The van der Waals surface area contributed by atoms with Gasteiger partial charge < -0.3 is 4.90 Å². The van der Waals surface area contributed by atoms with Crippen molar-refractivity contribution in [3.8, 4) is 0 Å². The monoisotopic (exact) mass is 468 g/mol. The van der Waals surface area contributed by atoms with Crippen molar-refractivity contribution in [3.05, 3.63) is 71.3 Å². The van der Waals surface area contributed by atoms with Crippen LogP contribution < -0.4 is 10.2 Å². The molecule has 1 spiro atoms.